The Balaban J connectivity index is 3.10. The third-order valence-electron chi connectivity index (χ3n) is 1.13. The molecule has 54 valence electrons. The largest absolute Gasteiger partial charge is 0.418 e. The van der Waals surface area contributed by atoms with Gasteiger partial charge in [-0.1, -0.05) is 0 Å². The first-order valence-corrected chi connectivity index (χ1v) is 2.85. The summed E-state index contributed by atoms with van der Waals surface area (Å²) in [4.78, 5) is 14.4. The summed E-state index contributed by atoms with van der Waals surface area (Å²) < 4.78 is 4.79. The highest BCUT2D eigenvalue weighted by atomic mass is 16.4. The molecule has 2 N–H and O–H groups in total. The van der Waals surface area contributed by atoms with E-state index in [1.54, 1.807) is 6.92 Å². The number of nitrogens with two attached hydrogens (primary N) is 1. The number of hydrogen-bond acceptors (Lipinski definition) is 4. The van der Waals surface area contributed by atoms with Crippen molar-refractivity contribution in [1.82, 2.24) is 4.98 Å². The lowest BCUT2D eigenvalue weighted by Crippen LogP contribution is -1.90. The van der Waals surface area contributed by atoms with Gasteiger partial charge in [-0.25, -0.2) is 4.98 Å². The Morgan fingerprint density at radius 3 is 2.50 bits per heavy atom. The number of hydrogen-bond donors (Lipinski definition) is 1. The van der Waals surface area contributed by atoms with Gasteiger partial charge >= 0.3 is 0 Å². The minimum absolute atomic E-state index is 0.0787. The minimum Gasteiger partial charge on any atom is -0.418 e. The first-order valence-electron chi connectivity index (χ1n) is 2.85. The quantitative estimate of drug-likeness (QED) is 0.585. The predicted octanol–water partition coefficient (Wildman–Crippen LogP) is 0.768. The van der Waals surface area contributed by atoms with Crippen molar-refractivity contribution in [3.8, 4) is 0 Å². The van der Waals surface area contributed by atoms with Crippen LogP contribution in [0.2, 0.25) is 0 Å². The monoisotopic (exact) mass is 140 g/mol. The van der Waals surface area contributed by atoms with Crippen molar-refractivity contribution in [2.24, 2.45) is 0 Å². The molecular weight excluding hydrogens is 132 g/mol. The average molecular weight is 140 g/mol. The number of nitrogens with zero attached hydrogens (tertiary/aromatic N) is 1. The molecule has 0 radical (unpaired) electrons. The number of oxazole rings is 1. The van der Waals surface area contributed by atoms with E-state index in [1.165, 1.54) is 6.92 Å². The number of ketones is 1. The molecule has 10 heavy (non-hydrogen) atoms. The van der Waals surface area contributed by atoms with Crippen LogP contribution in [0.3, 0.4) is 0 Å². The van der Waals surface area contributed by atoms with Crippen LogP contribution in [0.15, 0.2) is 4.42 Å². The number of carbonyl (C=O) groups is 1. The van der Waals surface area contributed by atoms with E-state index in [2.05, 4.69) is 4.98 Å². The molecule has 0 fully saturated rings. The van der Waals surface area contributed by atoms with Gasteiger partial charge in [0.25, 0.3) is 5.89 Å². The van der Waals surface area contributed by atoms with Crippen LogP contribution in [-0.4, -0.2) is 10.8 Å². The Hall–Kier alpha value is -1.32. The van der Waals surface area contributed by atoms with E-state index in [-0.39, 0.29) is 17.6 Å². The molecule has 1 aromatic heterocycles. The van der Waals surface area contributed by atoms with Crippen LogP contribution < -0.4 is 5.73 Å². The smallest absolute Gasteiger partial charge is 0.264 e. The van der Waals surface area contributed by atoms with Crippen molar-refractivity contribution in [3.05, 3.63) is 11.6 Å². The second-order valence-electron chi connectivity index (χ2n) is 2.02. The molecule has 0 saturated carbocycles. The molecule has 0 aliphatic rings. The van der Waals surface area contributed by atoms with Crippen molar-refractivity contribution in [2.45, 2.75) is 13.8 Å². The summed E-state index contributed by atoms with van der Waals surface area (Å²) in [6.45, 7) is 3.07. The molecule has 0 spiro atoms. The van der Waals surface area contributed by atoms with Crippen LogP contribution in [0.4, 0.5) is 5.88 Å². The second-order valence-corrected chi connectivity index (χ2v) is 2.02. The van der Waals surface area contributed by atoms with E-state index >= 15 is 0 Å². The summed E-state index contributed by atoms with van der Waals surface area (Å²) in [5.41, 5.74) is 5.86. The number of aryl methyl sites for hydroxylation is 1. The summed E-state index contributed by atoms with van der Waals surface area (Å²) in [6.07, 6.45) is 0. The summed E-state index contributed by atoms with van der Waals surface area (Å²) in [5.74, 6) is 0.0833. The molecule has 1 heterocycles. The summed E-state index contributed by atoms with van der Waals surface area (Å²) >= 11 is 0. The zero-order chi connectivity index (χ0) is 7.72. The number of anilines is 1. The average Bonchev–Trinajstić information content (AvgIpc) is 2.13. The molecule has 0 atom stereocenters. The van der Waals surface area contributed by atoms with Gasteiger partial charge in [0, 0.05) is 6.92 Å². The zero-order valence-corrected chi connectivity index (χ0v) is 5.84. The van der Waals surface area contributed by atoms with Crippen LogP contribution >= 0.6 is 0 Å². The van der Waals surface area contributed by atoms with Crippen LogP contribution in [0, 0.1) is 6.92 Å². The summed E-state index contributed by atoms with van der Waals surface area (Å²) in [5, 5.41) is 0. The van der Waals surface area contributed by atoms with E-state index in [0.29, 0.717) is 5.69 Å². The van der Waals surface area contributed by atoms with Crippen LogP contribution in [-0.2, 0) is 0 Å². The molecule has 4 heteroatoms. The molecule has 0 aromatic carbocycles. The van der Waals surface area contributed by atoms with Crippen LogP contribution in [0.25, 0.3) is 0 Å². The highest BCUT2D eigenvalue weighted by Crippen LogP contribution is 2.11. The Kier molecular flexibility index (Phi) is 1.45. The number of rotatable bonds is 1. The van der Waals surface area contributed by atoms with E-state index < -0.39 is 0 Å². The van der Waals surface area contributed by atoms with Gasteiger partial charge in [0.1, 0.15) is 5.69 Å². The molecule has 1 aromatic rings. The summed E-state index contributed by atoms with van der Waals surface area (Å²) in [7, 11) is 0. The molecule has 0 saturated heterocycles. The Labute approximate surface area is 58.0 Å². The third-order valence-corrected chi connectivity index (χ3v) is 1.13. The highest BCUT2D eigenvalue weighted by molar-refractivity contribution is 5.89. The Bertz CT molecular complexity index is 245. The number of carbonyl (C=O) groups excluding carboxylic acids is 1. The fraction of sp³-hybridized carbons (Fsp3) is 0.333. The lowest BCUT2D eigenvalue weighted by atomic mass is 10.4. The number of nitrogen functional groups attached to an aromatic ring is 1. The standard InChI is InChI=1S/C6H8N2O2/c1-3-5(7)10-6(8-3)4(2)9/h7H2,1-2H3. The van der Waals surface area contributed by atoms with Crippen molar-refractivity contribution in [3.63, 3.8) is 0 Å². The van der Waals surface area contributed by atoms with Crippen LogP contribution in [0.5, 0.6) is 0 Å². The van der Waals surface area contributed by atoms with Gasteiger partial charge in [-0.2, -0.15) is 0 Å². The third kappa shape index (κ3) is 1.00. The number of aromatic nitrogens is 1. The first-order chi connectivity index (χ1) is 4.61. The first kappa shape index (κ1) is 6.80. The van der Waals surface area contributed by atoms with Gasteiger partial charge in [0.05, 0.1) is 0 Å². The fourth-order valence-corrected chi connectivity index (χ4v) is 0.559. The maximum atomic E-state index is 10.6. The van der Waals surface area contributed by atoms with Crippen molar-refractivity contribution in [1.29, 1.82) is 0 Å². The van der Waals surface area contributed by atoms with E-state index in [0.717, 1.165) is 0 Å². The van der Waals surface area contributed by atoms with Crippen molar-refractivity contribution in [2.75, 3.05) is 5.73 Å². The summed E-state index contributed by atoms with van der Waals surface area (Å²) in [6, 6.07) is 0. The fourth-order valence-electron chi connectivity index (χ4n) is 0.559. The lowest BCUT2D eigenvalue weighted by molar-refractivity contribution is 0.0981. The van der Waals surface area contributed by atoms with Crippen LogP contribution in [0.1, 0.15) is 23.3 Å². The Morgan fingerprint density at radius 2 is 2.30 bits per heavy atom. The molecule has 0 bridgehead atoms. The maximum Gasteiger partial charge on any atom is 0.264 e. The predicted molar refractivity (Wildman–Crippen MR) is 35.7 cm³/mol. The van der Waals surface area contributed by atoms with Crippen molar-refractivity contribution >= 4 is 11.7 Å². The zero-order valence-electron chi connectivity index (χ0n) is 5.84. The van der Waals surface area contributed by atoms with Gasteiger partial charge < -0.3 is 10.2 Å². The van der Waals surface area contributed by atoms with Gasteiger partial charge in [-0.15, -0.1) is 0 Å². The molecule has 0 unspecified atom stereocenters. The van der Waals surface area contributed by atoms with Crippen molar-refractivity contribution < 1.29 is 9.21 Å². The van der Waals surface area contributed by atoms with E-state index in [1.807, 2.05) is 0 Å². The normalized spacial score (nSPS) is 9.80. The molecule has 4 nitrogen and oxygen atoms in total. The Morgan fingerprint density at radius 1 is 1.70 bits per heavy atom. The molecular formula is C6H8N2O2. The molecule has 1 rings (SSSR count). The topological polar surface area (TPSA) is 69.1 Å². The lowest BCUT2D eigenvalue weighted by Gasteiger charge is -1.80. The molecule has 0 aliphatic heterocycles. The number of Topliss-reactive ketones (excluding diaryl/α,β-unsaturated/α-hetero) is 1. The second kappa shape index (κ2) is 2.13. The van der Waals surface area contributed by atoms with E-state index in [9.17, 15) is 4.79 Å². The van der Waals surface area contributed by atoms with Gasteiger partial charge in [-0.05, 0) is 6.92 Å². The SMILES string of the molecule is CC(=O)c1nc(C)c(N)o1. The minimum atomic E-state index is -0.209. The van der Waals surface area contributed by atoms with Gasteiger partial charge in [-0.3, -0.25) is 4.79 Å². The maximum absolute atomic E-state index is 10.6. The van der Waals surface area contributed by atoms with E-state index in [4.69, 9.17) is 10.2 Å². The van der Waals surface area contributed by atoms with Gasteiger partial charge in [0.15, 0.2) is 0 Å². The molecule has 0 amide bonds. The van der Waals surface area contributed by atoms with Gasteiger partial charge in [0.2, 0.25) is 11.7 Å². The highest BCUT2D eigenvalue weighted by Gasteiger charge is 2.09. The molecule has 0 aliphatic carbocycles.